The lowest BCUT2D eigenvalue weighted by molar-refractivity contribution is 0.700. The molecule has 0 aromatic carbocycles. The van der Waals surface area contributed by atoms with Crippen molar-refractivity contribution in [1.82, 2.24) is 10.6 Å². The van der Waals surface area contributed by atoms with Crippen molar-refractivity contribution in [3.63, 3.8) is 0 Å². The summed E-state index contributed by atoms with van der Waals surface area (Å²) in [5.74, 6) is 0.542. The Morgan fingerprint density at radius 1 is 1.60 bits per heavy atom. The average molecular weight is 156 g/mol. The molecule has 56 valence electrons. The fraction of sp³-hybridized carbons (Fsp3) is 0.571. The molecule has 1 aliphatic rings. The minimum atomic E-state index is 0.542. The van der Waals surface area contributed by atoms with Crippen molar-refractivity contribution in [1.29, 1.82) is 0 Å². The van der Waals surface area contributed by atoms with E-state index in [0.717, 1.165) is 11.7 Å². The highest BCUT2D eigenvalue weighted by atomic mass is 32.1. The van der Waals surface area contributed by atoms with Crippen LogP contribution in [0.2, 0.25) is 0 Å². The fourth-order valence-electron chi connectivity index (χ4n) is 0.860. The third-order valence-corrected chi connectivity index (χ3v) is 1.71. The molecule has 0 saturated heterocycles. The Balaban J connectivity index is 2.60. The van der Waals surface area contributed by atoms with Crippen molar-refractivity contribution < 1.29 is 0 Å². The van der Waals surface area contributed by atoms with Gasteiger partial charge in [0.2, 0.25) is 0 Å². The van der Waals surface area contributed by atoms with Crippen molar-refractivity contribution in [2.24, 2.45) is 5.92 Å². The smallest absolute Gasteiger partial charge is 0.170 e. The number of nitrogens with one attached hydrogen (secondary N) is 2. The lowest BCUT2D eigenvalue weighted by Crippen LogP contribution is -2.40. The van der Waals surface area contributed by atoms with E-state index in [4.69, 9.17) is 12.2 Å². The summed E-state index contributed by atoms with van der Waals surface area (Å²) in [6.45, 7) is 5.15. The molecule has 0 aromatic heterocycles. The van der Waals surface area contributed by atoms with Crippen molar-refractivity contribution in [2.75, 3.05) is 6.54 Å². The second kappa shape index (κ2) is 3.01. The second-order valence-electron chi connectivity index (χ2n) is 2.65. The molecule has 0 saturated carbocycles. The monoisotopic (exact) mass is 156 g/mol. The first-order valence-corrected chi connectivity index (χ1v) is 3.86. The Kier molecular flexibility index (Phi) is 2.27. The highest BCUT2D eigenvalue weighted by Crippen LogP contribution is 2.06. The van der Waals surface area contributed by atoms with E-state index in [2.05, 4.69) is 30.6 Å². The maximum atomic E-state index is 4.94. The first kappa shape index (κ1) is 7.54. The average Bonchev–Trinajstić information content (AvgIpc) is 1.88. The minimum Gasteiger partial charge on any atom is -0.359 e. The van der Waals surface area contributed by atoms with Crippen molar-refractivity contribution >= 4 is 17.3 Å². The summed E-state index contributed by atoms with van der Waals surface area (Å²) in [4.78, 5) is 0. The van der Waals surface area contributed by atoms with Gasteiger partial charge in [0.25, 0.3) is 0 Å². The third kappa shape index (κ3) is 1.70. The molecule has 0 radical (unpaired) electrons. The Labute approximate surface area is 66.7 Å². The molecular formula is C7H12N2S. The molecule has 0 spiro atoms. The largest absolute Gasteiger partial charge is 0.359 e. The summed E-state index contributed by atoms with van der Waals surface area (Å²) >= 11 is 4.94. The summed E-state index contributed by atoms with van der Waals surface area (Å²) in [7, 11) is 0. The number of allylic oxidation sites excluding steroid dienone is 1. The van der Waals surface area contributed by atoms with Crippen LogP contribution in [0.5, 0.6) is 0 Å². The van der Waals surface area contributed by atoms with Gasteiger partial charge in [-0.15, -0.1) is 0 Å². The Bertz CT molecular complexity index is 172. The van der Waals surface area contributed by atoms with Crippen LogP contribution < -0.4 is 10.6 Å². The number of hydrogen-bond donors (Lipinski definition) is 2. The fourth-order valence-corrected chi connectivity index (χ4v) is 1.06. The van der Waals surface area contributed by atoms with Crippen molar-refractivity contribution in [3.8, 4) is 0 Å². The molecule has 3 heteroatoms. The van der Waals surface area contributed by atoms with E-state index in [1.54, 1.807) is 0 Å². The van der Waals surface area contributed by atoms with Crippen LogP contribution in [0.25, 0.3) is 0 Å². The Morgan fingerprint density at radius 2 is 2.30 bits per heavy atom. The molecule has 1 aliphatic heterocycles. The summed E-state index contributed by atoms with van der Waals surface area (Å²) in [5.41, 5.74) is 1.23. The molecule has 1 rings (SSSR count). The van der Waals surface area contributed by atoms with E-state index >= 15 is 0 Å². The van der Waals surface area contributed by atoms with Gasteiger partial charge in [-0.2, -0.15) is 0 Å². The van der Waals surface area contributed by atoms with Gasteiger partial charge >= 0.3 is 0 Å². The Hall–Kier alpha value is -0.570. The van der Waals surface area contributed by atoms with Gasteiger partial charge in [0.15, 0.2) is 5.11 Å². The summed E-state index contributed by atoms with van der Waals surface area (Å²) in [5, 5.41) is 6.85. The lowest BCUT2D eigenvalue weighted by atomic mass is 10.1. The van der Waals surface area contributed by atoms with Gasteiger partial charge in [-0.25, -0.2) is 0 Å². The van der Waals surface area contributed by atoms with Gasteiger partial charge in [0.1, 0.15) is 0 Å². The van der Waals surface area contributed by atoms with Crippen LogP contribution in [0.1, 0.15) is 13.8 Å². The molecule has 0 amide bonds. The third-order valence-electron chi connectivity index (χ3n) is 1.46. The molecule has 0 aromatic rings. The predicted molar refractivity (Wildman–Crippen MR) is 46.7 cm³/mol. The quantitative estimate of drug-likeness (QED) is 0.554. The Morgan fingerprint density at radius 3 is 2.70 bits per heavy atom. The molecule has 2 nitrogen and oxygen atoms in total. The highest BCUT2D eigenvalue weighted by molar-refractivity contribution is 7.80. The van der Waals surface area contributed by atoms with Crippen LogP contribution in [0.15, 0.2) is 11.8 Å². The van der Waals surface area contributed by atoms with E-state index in [1.165, 1.54) is 5.70 Å². The first-order chi connectivity index (χ1) is 4.70. The van der Waals surface area contributed by atoms with Crippen LogP contribution in [0, 0.1) is 5.92 Å². The number of rotatable bonds is 1. The maximum absolute atomic E-state index is 4.94. The van der Waals surface area contributed by atoms with Gasteiger partial charge in [-0.3, -0.25) is 0 Å². The van der Waals surface area contributed by atoms with Crippen LogP contribution >= 0.6 is 12.2 Å². The molecule has 0 unspecified atom stereocenters. The number of thiocarbonyl (C=S) groups is 1. The molecular weight excluding hydrogens is 144 g/mol. The van der Waals surface area contributed by atoms with Crippen molar-refractivity contribution in [3.05, 3.63) is 11.8 Å². The minimum absolute atomic E-state index is 0.542. The second-order valence-corrected chi connectivity index (χ2v) is 3.06. The molecule has 0 fully saturated rings. The molecule has 2 N–H and O–H groups in total. The first-order valence-electron chi connectivity index (χ1n) is 3.45. The van der Waals surface area contributed by atoms with Gasteiger partial charge in [0.05, 0.1) is 0 Å². The molecule has 0 atom stereocenters. The van der Waals surface area contributed by atoms with Gasteiger partial charge < -0.3 is 10.6 Å². The lowest BCUT2D eigenvalue weighted by Gasteiger charge is -2.20. The van der Waals surface area contributed by atoms with Crippen LogP contribution in [0.4, 0.5) is 0 Å². The zero-order valence-corrected chi connectivity index (χ0v) is 7.09. The van der Waals surface area contributed by atoms with Crippen molar-refractivity contribution in [2.45, 2.75) is 13.8 Å². The standard InChI is InChI=1S/C7H12N2S/c1-5(2)6-3-4-8-7(10)9-6/h3,5H,4H2,1-2H3,(H2,8,9,10). The molecule has 1 heterocycles. The highest BCUT2D eigenvalue weighted by Gasteiger charge is 2.07. The zero-order chi connectivity index (χ0) is 7.56. The molecule has 0 bridgehead atoms. The van der Waals surface area contributed by atoms with Crippen LogP contribution in [-0.4, -0.2) is 11.7 Å². The normalized spacial score (nSPS) is 17.9. The van der Waals surface area contributed by atoms with E-state index < -0.39 is 0 Å². The summed E-state index contributed by atoms with van der Waals surface area (Å²) in [6, 6.07) is 0. The van der Waals surface area contributed by atoms with E-state index in [-0.39, 0.29) is 0 Å². The van der Waals surface area contributed by atoms with Crippen LogP contribution in [-0.2, 0) is 0 Å². The van der Waals surface area contributed by atoms with Gasteiger partial charge in [-0.1, -0.05) is 13.8 Å². The topological polar surface area (TPSA) is 24.1 Å². The zero-order valence-electron chi connectivity index (χ0n) is 6.27. The predicted octanol–water partition coefficient (Wildman–Crippen LogP) is 1.00. The van der Waals surface area contributed by atoms with E-state index in [0.29, 0.717) is 5.92 Å². The summed E-state index contributed by atoms with van der Waals surface area (Å²) in [6.07, 6.45) is 2.13. The molecule has 10 heavy (non-hydrogen) atoms. The maximum Gasteiger partial charge on any atom is 0.170 e. The SMILES string of the molecule is CC(C)C1=CCNC(=S)N1. The van der Waals surface area contributed by atoms with Gasteiger partial charge in [0, 0.05) is 12.2 Å². The summed E-state index contributed by atoms with van der Waals surface area (Å²) < 4.78 is 0. The van der Waals surface area contributed by atoms with E-state index in [1.807, 2.05) is 0 Å². The molecule has 0 aliphatic carbocycles. The van der Waals surface area contributed by atoms with Crippen LogP contribution in [0.3, 0.4) is 0 Å². The van der Waals surface area contributed by atoms with Gasteiger partial charge in [-0.05, 0) is 24.2 Å². The van der Waals surface area contributed by atoms with E-state index in [9.17, 15) is 0 Å². The number of hydrogen-bond acceptors (Lipinski definition) is 1.